The van der Waals surface area contributed by atoms with Crippen molar-refractivity contribution in [1.82, 2.24) is 15.2 Å². The molecule has 1 unspecified atom stereocenters. The number of carboxylic acids is 1. The van der Waals surface area contributed by atoms with Gasteiger partial charge >= 0.3 is 12.0 Å². The number of amides is 3. The maximum atomic E-state index is 13.6. The number of carbonyl (C=O) groups excluding carboxylic acids is 2. The first kappa shape index (κ1) is 31.1. The van der Waals surface area contributed by atoms with Crippen molar-refractivity contribution in [2.45, 2.75) is 85.4 Å². The van der Waals surface area contributed by atoms with E-state index in [9.17, 15) is 19.5 Å². The Morgan fingerprint density at radius 3 is 2.20 bits per heavy atom. The Kier molecular flexibility index (Phi) is 10.7. The molecule has 2 aromatic rings. The molecule has 1 saturated carbocycles. The molecule has 1 aliphatic rings. The van der Waals surface area contributed by atoms with Crippen LogP contribution in [-0.2, 0) is 17.8 Å². The van der Waals surface area contributed by atoms with Gasteiger partial charge in [0.25, 0.3) is 5.91 Å². The summed E-state index contributed by atoms with van der Waals surface area (Å²) in [5.74, 6) is -0.757. The van der Waals surface area contributed by atoms with Crippen LogP contribution in [0.15, 0.2) is 42.6 Å². The summed E-state index contributed by atoms with van der Waals surface area (Å²) in [7, 11) is 0. The van der Waals surface area contributed by atoms with Gasteiger partial charge in [-0.3, -0.25) is 9.78 Å². The fourth-order valence-corrected chi connectivity index (χ4v) is 5.19. The van der Waals surface area contributed by atoms with Gasteiger partial charge < -0.3 is 25.7 Å². The van der Waals surface area contributed by atoms with E-state index in [4.69, 9.17) is 5.11 Å². The molecule has 4 N–H and O–H groups in total. The van der Waals surface area contributed by atoms with Crippen LogP contribution in [-0.4, -0.2) is 56.7 Å². The predicted molar refractivity (Wildman–Crippen MR) is 155 cm³/mol. The number of anilines is 1. The van der Waals surface area contributed by atoms with Gasteiger partial charge in [0.15, 0.2) is 6.10 Å². The molecule has 0 saturated heterocycles. The fraction of sp³-hybridized carbons (Fsp3) is 0.548. The Hall–Kier alpha value is -3.46. The predicted octanol–water partition coefficient (Wildman–Crippen LogP) is 5.09. The van der Waals surface area contributed by atoms with Crippen LogP contribution in [0.3, 0.4) is 0 Å². The van der Waals surface area contributed by atoms with Gasteiger partial charge in [-0.25, -0.2) is 9.59 Å². The molecule has 0 aliphatic heterocycles. The topological polar surface area (TPSA) is 132 Å². The summed E-state index contributed by atoms with van der Waals surface area (Å²) in [5, 5.41) is 23.6. The Bertz CT molecular complexity index is 1130. The normalized spacial score (nSPS) is 18.2. The first-order valence-electron chi connectivity index (χ1n) is 14.1. The number of aliphatic hydroxyl groups is 1. The lowest BCUT2D eigenvalue weighted by molar-refractivity contribution is -0.146. The maximum Gasteiger partial charge on any atom is 0.334 e. The molecular formula is C31H44N4O5. The molecule has 0 radical (unpaired) electrons. The van der Waals surface area contributed by atoms with E-state index in [1.54, 1.807) is 30.5 Å². The van der Waals surface area contributed by atoms with Crippen molar-refractivity contribution in [3.05, 3.63) is 59.4 Å². The number of aromatic nitrogens is 1. The van der Waals surface area contributed by atoms with E-state index in [0.717, 1.165) is 43.4 Å². The molecule has 1 aromatic heterocycles. The van der Waals surface area contributed by atoms with Gasteiger partial charge in [0.05, 0.1) is 18.4 Å². The quantitative estimate of drug-likeness (QED) is 0.324. The van der Waals surface area contributed by atoms with Crippen molar-refractivity contribution in [2.75, 3.05) is 11.9 Å². The summed E-state index contributed by atoms with van der Waals surface area (Å²) in [5.41, 5.74) is 3.10. The molecule has 1 atom stereocenters. The van der Waals surface area contributed by atoms with Crippen LogP contribution >= 0.6 is 0 Å². The second-order valence-electron chi connectivity index (χ2n) is 12.3. The molecule has 3 rings (SSSR count). The molecule has 1 aromatic carbocycles. The third-order valence-corrected chi connectivity index (χ3v) is 7.63. The minimum atomic E-state index is -1.66. The SMILES string of the molecule is CC(C)Cc1ccc(NC(=O)N(Cc2ccc(C(=O)NCC(O)C(=O)O)cc2)C2CCC(C(C)(C)C)CC2)cn1. The minimum absolute atomic E-state index is 0.0901. The van der Waals surface area contributed by atoms with E-state index in [-0.39, 0.29) is 24.0 Å². The molecule has 1 heterocycles. The number of hydrogen-bond donors (Lipinski definition) is 4. The van der Waals surface area contributed by atoms with Crippen LogP contribution < -0.4 is 10.6 Å². The van der Waals surface area contributed by atoms with Gasteiger partial charge in [0, 0.05) is 23.8 Å². The van der Waals surface area contributed by atoms with Crippen LogP contribution in [0.4, 0.5) is 10.5 Å². The van der Waals surface area contributed by atoms with E-state index >= 15 is 0 Å². The summed E-state index contributed by atoms with van der Waals surface area (Å²) in [6, 6.07) is 10.6. The van der Waals surface area contributed by atoms with E-state index in [2.05, 4.69) is 50.2 Å². The van der Waals surface area contributed by atoms with Crippen LogP contribution in [0.25, 0.3) is 0 Å². The lowest BCUT2D eigenvalue weighted by Crippen LogP contribution is -2.45. The second-order valence-corrected chi connectivity index (χ2v) is 12.3. The number of rotatable bonds is 10. The monoisotopic (exact) mass is 552 g/mol. The first-order chi connectivity index (χ1) is 18.8. The van der Waals surface area contributed by atoms with Crippen molar-refractivity contribution < 1.29 is 24.6 Å². The molecule has 218 valence electrons. The molecule has 40 heavy (non-hydrogen) atoms. The van der Waals surface area contributed by atoms with Crippen molar-refractivity contribution >= 4 is 23.6 Å². The number of benzene rings is 1. The summed E-state index contributed by atoms with van der Waals surface area (Å²) < 4.78 is 0. The number of nitrogens with zero attached hydrogens (tertiary/aromatic N) is 2. The standard InChI is InChI=1S/C31H44N4O5/c1-20(2)16-24-12-13-25(17-32-24)34-30(40)35(26-14-10-23(11-15-26)31(3,4)5)19-21-6-8-22(9-7-21)28(37)33-18-27(36)29(38)39/h6-9,12-13,17,20,23,26-27,36H,10-11,14-16,18-19H2,1-5H3,(H,33,37)(H,34,40)(H,38,39). The molecule has 1 fully saturated rings. The Labute approximate surface area is 237 Å². The van der Waals surface area contributed by atoms with Crippen molar-refractivity contribution in [1.29, 1.82) is 0 Å². The average Bonchev–Trinajstić information content (AvgIpc) is 2.90. The van der Waals surface area contributed by atoms with Crippen molar-refractivity contribution in [3.8, 4) is 0 Å². The number of aliphatic carboxylic acids is 1. The lowest BCUT2D eigenvalue weighted by atomic mass is 9.71. The van der Waals surface area contributed by atoms with Gasteiger partial charge in [-0.05, 0) is 79.2 Å². The van der Waals surface area contributed by atoms with E-state index in [1.807, 2.05) is 17.0 Å². The first-order valence-corrected chi connectivity index (χ1v) is 14.1. The zero-order valence-corrected chi connectivity index (χ0v) is 24.3. The van der Waals surface area contributed by atoms with E-state index < -0.39 is 18.0 Å². The fourth-order valence-electron chi connectivity index (χ4n) is 5.19. The summed E-state index contributed by atoms with van der Waals surface area (Å²) in [6.45, 7) is 11.1. The smallest absolute Gasteiger partial charge is 0.334 e. The highest BCUT2D eigenvalue weighted by molar-refractivity contribution is 5.94. The zero-order valence-electron chi connectivity index (χ0n) is 24.3. The average molecular weight is 553 g/mol. The summed E-state index contributed by atoms with van der Waals surface area (Å²) >= 11 is 0. The highest BCUT2D eigenvalue weighted by atomic mass is 16.4. The third kappa shape index (κ3) is 9.05. The van der Waals surface area contributed by atoms with Gasteiger partial charge in [-0.15, -0.1) is 0 Å². The molecule has 0 spiro atoms. The lowest BCUT2D eigenvalue weighted by Gasteiger charge is -2.41. The highest BCUT2D eigenvalue weighted by Crippen LogP contribution is 2.39. The second kappa shape index (κ2) is 13.7. The number of carboxylic acid groups (broad SMARTS) is 1. The molecular weight excluding hydrogens is 508 g/mol. The van der Waals surface area contributed by atoms with Gasteiger partial charge in [0.2, 0.25) is 0 Å². The zero-order chi connectivity index (χ0) is 29.4. The van der Waals surface area contributed by atoms with Crippen LogP contribution in [0, 0.1) is 17.3 Å². The van der Waals surface area contributed by atoms with Crippen LogP contribution in [0.5, 0.6) is 0 Å². The number of pyridine rings is 1. The third-order valence-electron chi connectivity index (χ3n) is 7.63. The molecule has 1 aliphatic carbocycles. The molecule has 9 heteroatoms. The van der Waals surface area contributed by atoms with Crippen molar-refractivity contribution in [2.24, 2.45) is 17.3 Å². The maximum absolute atomic E-state index is 13.6. The Balaban J connectivity index is 1.72. The number of carbonyl (C=O) groups is 3. The van der Waals surface area contributed by atoms with Gasteiger partial charge in [0.1, 0.15) is 0 Å². The number of urea groups is 1. The number of aliphatic hydroxyl groups excluding tert-OH is 1. The van der Waals surface area contributed by atoms with Crippen molar-refractivity contribution in [3.63, 3.8) is 0 Å². The summed E-state index contributed by atoms with van der Waals surface area (Å²) in [6.07, 6.45) is 4.89. The Morgan fingerprint density at radius 2 is 1.68 bits per heavy atom. The van der Waals surface area contributed by atoms with E-state index in [0.29, 0.717) is 29.6 Å². The summed E-state index contributed by atoms with van der Waals surface area (Å²) in [4.78, 5) is 43.1. The van der Waals surface area contributed by atoms with E-state index in [1.165, 1.54) is 0 Å². The number of nitrogens with one attached hydrogen (secondary N) is 2. The van der Waals surface area contributed by atoms with Crippen LogP contribution in [0.1, 0.15) is 81.9 Å². The van der Waals surface area contributed by atoms with Crippen LogP contribution in [0.2, 0.25) is 0 Å². The highest BCUT2D eigenvalue weighted by Gasteiger charge is 2.33. The number of hydrogen-bond acceptors (Lipinski definition) is 5. The van der Waals surface area contributed by atoms with Gasteiger partial charge in [-0.2, -0.15) is 0 Å². The largest absolute Gasteiger partial charge is 0.479 e. The molecule has 9 nitrogen and oxygen atoms in total. The molecule has 3 amide bonds. The molecule has 0 bridgehead atoms. The Morgan fingerprint density at radius 1 is 1.02 bits per heavy atom. The minimum Gasteiger partial charge on any atom is -0.479 e. The van der Waals surface area contributed by atoms with Gasteiger partial charge in [-0.1, -0.05) is 46.8 Å².